The van der Waals surface area contributed by atoms with E-state index in [1.807, 2.05) is 31.3 Å². The van der Waals surface area contributed by atoms with Gasteiger partial charge in [0, 0.05) is 12.1 Å². The van der Waals surface area contributed by atoms with Crippen molar-refractivity contribution in [1.82, 2.24) is 9.88 Å². The van der Waals surface area contributed by atoms with E-state index >= 15 is 0 Å². The predicted molar refractivity (Wildman–Crippen MR) is 72.3 cm³/mol. The van der Waals surface area contributed by atoms with Crippen LogP contribution in [0.3, 0.4) is 0 Å². The van der Waals surface area contributed by atoms with Crippen LogP contribution >= 0.6 is 0 Å². The number of nitrogens with two attached hydrogens (primary N) is 1. The predicted octanol–water partition coefficient (Wildman–Crippen LogP) is 2.64. The average molecular weight is 257 g/mol. The number of nitrogen functional groups attached to an aromatic ring is 1. The molecule has 2 heterocycles. The number of para-hydroxylation sites is 1. The van der Waals surface area contributed by atoms with Crippen LogP contribution in [0.4, 0.5) is 5.69 Å². The Labute approximate surface area is 110 Å². The SMILES string of the molecule is CN(Cc1ccoc1)Cc1nc2c(N)cccc2o1. The molecule has 0 bridgehead atoms. The minimum Gasteiger partial charge on any atom is -0.472 e. The minimum atomic E-state index is 0.624. The third-order valence-corrected chi connectivity index (χ3v) is 2.93. The molecule has 0 aliphatic heterocycles. The fourth-order valence-electron chi connectivity index (χ4n) is 2.06. The second kappa shape index (κ2) is 4.78. The van der Waals surface area contributed by atoms with Gasteiger partial charge in [-0.1, -0.05) is 6.07 Å². The molecule has 0 saturated heterocycles. The van der Waals surface area contributed by atoms with Gasteiger partial charge in [-0.25, -0.2) is 4.98 Å². The van der Waals surface area contributed by atoms with Crippen LogP contribution in [0.25, 0.3) is 11.1 Å². The first kappa shape index (κ1) is 11.8. The lowest BCUT2D eigenvalue weighted by Gasteiger charge is -2.12. The van der Waals surface area contributed by atoms with E-state index in [1.165, 1.54) is 0 Å². The lowest BCUT2D eigenvalue weighted by molar-refractivity contribution is 0.284. The van der Waals surface area contributed by atoms with Gasteiger partial charge in [0.2, 0.25) is 5.89 Å². The van der Waals surface area contributed by atoms with Crippen molar-refractivity contribution in [1.29, 1.82) is 0 Å². The van der Waals surface area contributed by atoms with Gasteiger partial charge in [0.15, 0.2) is 5.58 Å². The molecule has 5 nitrogen and oxygen atoms in total. The maximum atomic E-state index is 5.86. The number of hydrogen-bond donors (Lipinski definition) is 1. The highest BCUT2D eigenvalue weighted by atomic mass is 16.3. The molecule has 19 heavy (non-hydrogen) atoms. The lowest BCUT2D eigenvalue weighted by atomic mass is 10.3. The summed E-state index contributed by atoms with van der Waals surface area (Å²) in [4.78, 5) is 6.53. The van der Waals surface area contributed by atoms with E-state index in [4.69, 9.17) is 14.6 Å². The molecule has 5 heteroatoms. The third-order valence-electron chi connectivity index (χ3n) is 2.93. The third kappa shape index (κ3) is 2.46. The Bertz CT molecular complexity index is 673. The number of rotatable bonds is 4. The van der Waals surface area contributed by atoms with E-state index in [-0.39, 0.29) is 0 Å². The van der Waals surface area contributed by atoms with E-state index in [9.17, 15) is 0 Å². The van der Waals surface area contributed by atoms with Crippen molar-refractivity contribution >= 4 is 16.8 Å². The molecule has 0 radical (unpaired) electrons. The number of fused-ring (bicyclic) bond motifs is 1. The first-order valence-corrected chi connectivity index (χ1v) is 6.06. The number of benzene rings is 1. The molecule has 3 rings (SSSR count). The van der Waals surface area contributed by atoms with E-state index in [0.29, 0.717) is 18.1 Å². The van der Waals surface area contributed by atoms with Crippen LogP contribution in [0.1, 0.15) is 11.5 Å². The summed E-state index contributed by atoms with van der Waals surface area (Å²) in [7, 11) is 2.01. The van der Waals surface area contributed by atoms with Crippen molar-refractivity contribution in [2.45, 2.75) is 13.1 Å². The molecule has 2 N–H and O–H groups in total. The highest BCUT2D eigenvalue weighted by Crippen LogP contribution is 2.21. The van der Waals surface area contributed by atoms with Crippen LogP contribution in [-0.2, 0) is 13.1 Å². The number of aromatic nitrogens is 1. The second-order valence-corrected chi connectivity index (χ2v) is 4.61. The zero-order valence-electron chi connectivity index (χ0n) is 10.7. The fraction of sp³-hybridized carbons (Fsp3) is 0.214. The van der Waals surface area contributed by atoms with Crippen LogP contribution in [-0.4, -0.2) is 16.9 Å². The molecule has 0 aliphatic rings. The largest absolute Gasteiger partial charge is 0.472 e. The molecule has 0 saturated carbocycles. The topological polar surface area (TPSA) is 68.4 Å². The minimum absolute atomic E-state index is 0.624. The summed E-state index contributed by atoms with van der Waals surface area (Å²) in [6.07, 6.45) is 3.41. The highest BCUT2D eigenvalue weighted by Gasteiger charge is 2.10. The van der Waals surface area contributed by atoms with Gasteiger partial charge in [0.25, 0.3) is 0 Å². The van der Waals surface area contributed by atoms with Crippen molar-refractivity contribution in [2.24, 2.45) is 0 Å². The van der Waals surface area contributed by atoms with Gasteiger partial charge in [-0.15, -0.1) is 0 Å². The number of anilines is 1. The van der Waals surface area contributed by atoms with Crippen molar-refractivity contribution in [3.05, 3.63) is 48.2 Å². The lowest BCUT2D eigenvalue weighted by Crippen LogP contribution is -2.16. The van der Waals surface area contributed by atoms with E-state index in [1.54, 1.807) is 12.5 Å². The molecule has 0 aliphatic carbocycles. The van der Waals surface area contributed by atoms with Gasteiger partial charge in [-0.3, -0.25) is 4.90 Å². The zero-order chi connectivity index (χ0) is 13.2. The van der Waals surface area contributed by atoms with Crippen LogP contribution in [0.5, 0.6) is 0 Å². The first-order valence-electron chi connectivity index (χ1n) is 6.06. The summed E-state index contributed by atoms with van der Waals surface area (Å²) in [5.41, 5.74) is 9.09. The van der Waals surface area contributed by atoms with Crippen molar-refractivity contribution in [3.63, 3.8) is 0 Å². The summed E-state index contributed by atoms with van der Waals surface area (Å²) >= 11 is 0. The van der Waals surface area contributed by atoms with Gasteiger partial charge in [-0.05, 0) is 25.2 Å². The maximum absolute atomic E-state index is 5.86. The van der Waals surface area contributed by atoms with Crippen molar-refractivity contribution in [3.8, 4) is 0 Å². The Morgan fingerprint density at radius 3 is 2.89 bits per heavy atom. The van der Waals surface area contributed by atoms with E-state index in [2.05, 4.69) is 9.88 Å². The van der Waals surface area contributed by atoms with Gasteiger partial charge in [-0.2, -0.15) is 0 Å². The standard InChI is InChI=1S/C14H15N3O2/c1-17(7-10-5-6-18-9-10)8-13-16-14-11(15)3-2-4-12(14)19-13/h2-6,9H,7-8,15H2,1H3. The monoisotopic (exact) mass is 257 g/mol. The Morgan fingerprint density at radius 1 is 1.26 bits per heavy atom. The van der Waals surface area contributed by atoms with E-state index in [0.717, 1.165) is 23.2 Å². The Balaban J connectivity index is 1.76. The molecular formula is C14H15N3O2. The molecular weight excluding hydrogens is 242 g/mol. The summed E-state index contributed by atoms with van der Waals surface area (Å²) in [5.74, 6) is 0.666. The summed E-state index contributed by atoms with van der Waals surface area (Å²) in [5, 5.41) is 0. The number of oxazole rings is 1. The zero-order valence-corrected chi connectivity index (χ0v) is 10.7. The second-order valence-electron chi connectivity index (χ2n) is 4.61. The maximum Gasteiger partial charge on any atom is 0.209 e. The van der Waals surface area contributed by atoms with Gasteiger partial charge < -0.3 is 14.6 Å². The quantitative estimate of drug-likeness (QED) is 0.728. The van der Waals surface area contributed by atoms with Crippen LogP contribution in [0.15, 0.2) is 45.6 Å². The Kier molecular flexibility index (Phi) is 2.97. The van der Waals surface area contributed by atoms with Crippen LogP contribution in [0.2, 0.25) is 0 Å². The Morgan fingerprint density at radius 2 is 2.16 bits per heavy atom. The van der Waals surface area contributed by atoms with Gasteiger partial charge in [0.1, 0.15) is 5.52 Å². The highest BCUT2D eigenvalue weighted by molar-refractivity contribution is 5.85. The molecule has 3 aromatic rings. The smallest absolute Gasteiger partial charge is 0.209 e. The normalized spacial score (nSPS) is 11.5. The average Bonchev–Trinajstić information content (AvgIpc) is 2.98. The van der Waals surface area contributed by atoms with Gasteiger partial charge >= 0.3 is 0 Å². The van der Waals surface area contributed by atoms with Gasteiger partial charge in [0.05, 0.1) is 24.8 Å². The number of nitrogens with zero attached hydrogens (tertiary/aromatic N) is 2. The number of hydrogen-bond acceptors (Lipinski definition) is 5. The summed E-state index contributed by atoms with van der Waals surface area (Å²) < 4.78 is 10.7. The molecule has 0 atom stereocenters. The molecule has 0 amide bonds. The van der Waals surface area contributed by atoms with Crippen molar-refractivity contribution in [2.75, 3.05) is 12.8 Å². The molecule has 2 aromatic heterocycles. The fourth-order valence-corrected chi connectivity index (χ4v) is 2.06. The number of furan rings is 1. The Hall–Kier alpha value is -2.27. The van der Waals surface area contributed by atoms with Crippen LogP contribution in [0, 0.1) is 0 Å². The summed E-state index contributed by atoms with van der Waals surface area (Å²) in [6, 6.07) is 7.50. The molecule has 0 spiro atoms. The van der Waals surface area contributed by atoms with Crippen LogP contribution < -0.4 is 5.73 Å². The molecule has 0 fully saturated rings. The molecule has 1 aromatic carbocycles. The first-order chi connectivity index (χ1) is 9.22. The molecule has 0 unspecified atom stereocenters. The molecule has 98 valence electrons. The summed E-state index contributed by atoms with van der Waals surface area (Å²) in [6.45, 7) is 1.41. The van der Waals surface area contributed by atoms with Crippen molar-refractivity contribution < 1.29 is 8.83 Å². The van der Waals surface area contributed by atoms with E-state index < -0.39 is 0 Å².